The number of para-hydroxylation sites is 1. The molecule has 0 amide bonds. The average Bonchev–Trinajstić information content (AvgIpc) is 2.92. The van der Waals surface area contributed by atoms with E-state index in [-0.39, 0.29) is 11.7 Å². The molecule has 3 aliphatic rings. The molecule has 1 aromatic carbocycles. The SMILES string of the molecule is O[C@H]1CC2(CCC3(CCCC3)CC2)Oc2ccccc21. The van der Waals surface area contributed by atoms with Crippen LogP contribution in [0.1, 0.15) is 69.5 Å². The van der Waals surface area contributed by atoms with Crippen LogP contribution in [0.4, 0.5) is 0 Å². The fourth-order valence-electron chi connectivity index (χ4n) is 4.75. The number of rotatable bonds is 0. The first-order valence-electron chi connectivity index (χ1n) is 8.17. The fraction of sp³-hybridized carbons (Fsp3) is 0.667. The van der Waals surface area contributed by atoms with Gasteiger partial charge >= 0.3 is 0 Å². The topological polar surface area (TPSA) is 29.5 Å². The zero-order valence-electron chi connectivity index (χ0n) is 12.1. The quantitative estimate of drug-likeness (QED) is 0.759. The Hall–Kier alpha value is -1.02. The van der Waals surface area contributed by atoms with Gasteiger partial charge in [-0.1, -0.05) is 31.0 Å². The van der Waals surface area contributed by atoms with E-state index in [0.717, 1.165) is 30.6 Å². The van der Waals surface area contributed by atoms with E-state index in [4.69, 9.17) is 4.74 Å². The minimum atomic E-state index is -0.349. The van der Waals surface area contributed by atoms with Crippen LogP contribution in [0, 0.1) is 5.41 Å². The lowest BCUT2D eigenvalue weighted by Gasteiger charge is -2.48. The van der Waals surface area contributed by atoms with Gasteiger partial charge in [0.25, 0.3) is 0 Å². The maximum absolute atomic E-state index is 10.5. The Morgan fingerprint density at radius 1 is 0.950 bits per heavy atom. The third kappa shape index (κ3) is 1.96. The summed E-state index contributed by atoms with van der Waals surface area (Å²) in [4.78, 5) is 0. The summed E-state index contributed by atoms with van der Waals surface area (Å²) in [6, 6.07) is 8.00. The molecule has 0 saturated heterocycles. The summed E-state index contributed by atoms with van der Waals surface area (Å²) >= 11 is 0. The first-order chi connectivity index (χ1) is 9.71. The second-order valence-corrected chi connectivity index (χ2v) is 7.25. The number of aliphatic hydroxyl groups is 1. The zero-order valence-corrected chi connectivity index (χ0v) is 12.1. The fourth-order valence-corrected chi connectivity index (χ4v) is 4.75. The second-order valence-electron chi connectivity index (χ2n) is 7.25. The molecule has 1 aromatic rings. The van der Waals surface area contributed by atoms with E-state index >= 15 is 0 Å². The lowest BCUT2D eigenvalue weighted by atomic mass is 9.65. The smallest absolute Gasteiger partial charge is 0.125 e. The molecule has 4 rings (SSSR count). The molecule has 1 N–H and O–H groups in total. The molecule has 1 aliphatic heterocycles. The van der Waals surface area contributed by atoms with Gasteiger partial charge in [0, 0.05) is 12.0 Å². The van der Waals surface area contributed by atoms with E-state index < -0.39 is 0 Å². The summed E-state index contributed by atoms with van der Waals surface area (Å²) in [6.45, 7) is 0. The van der Waals surface area contributed by atoms with Crippen molar-refractivity contribution in [3.8, 4) is 5.75 Å². The third-order valence-electron chi connectivity index (χ3n) is 6.06. The first-order valence-corrected chi connectivity index (χ1v) is 8.17. The molecule has 2 saturated carbocycles. The van der Waals surface area contributed by atoms with Crippen molar-refractivity contribution in [3.63, 3.8) is 0 Å². The Kier molecular flexibility index (Phi) is 2.85. The number of ether oxygens (including phenoxy) is 1. The molecule has 2 fully saturated rings. The van der Waals surface area contributed by atoms with E-state index in [2.05, 4.69) is 0 Å². The van der Waals surface area contributed by atoms with E-state index in [0.29, 0.717) is 5.41 Å². The van der Waals surface area contributed by atoms with Crippen LogP contribution in [-0.2, 0) is 0 Å². The lowest BCUT2D eigenvalue weighted by molar-refractivity contribution is -0.0622. The number of fused-ring (bicyclic) bond motifs is 1. The van der Waals surface area contributed by atoms with Gasteiger partial charge in [0.15, 0.2) is 0 Å². The maximum Gasteiger partial charge on any atom is 0.125 e. The number of benzene rings is 1. The van der Waals surface area contributed by atoms with Crippen molar-refractivity contribution in [2.45, 2.75) is 69.5 Å². The Bertz CT molecular complexity index is 492. The minimum absolute atomic E-state index is 0.0956. The van der Waals surface area contributed by atoms with Gasteiger partial charge in [0.2, 0.25) is 0 Å². The standard InChI is InChI=1S/C18H24O2/c19-15-13-18(20-16-6-2-1-5-14(15)16)11-9-17(10-12-18)7-3-4-8-17/h1-2,5-6,15,19H,3-4,7-13H2/t15-/m0/s1. The van der Waals surface area contributed by atoms with Crippen molar-refractivity contribution < 1.29 is 9.84 Å². The summed E-state index contributed by atoms with van der Waals surface area (Å²) in [5, 5.41) is 10.5. The van der Waals surface area contributed by atoms with Crippen LogP contribution in [0.25, 0.3) is 0 Å². The highest BCUT2D eigenvalue weighted by molar-refractivity contribution is 5.38. The molecule has 0 radical (unpaired) electrons. The molecular weight excluding hydrogens is 248 g/mol. The molecule has 0 unspecified atom stereocenters. The van der Waals surface area contributed by atoms with Crippen molar-refractivity contribution in [3.05, 3.63) is 29.8 Å². The van der Waals surface area contributed by atoms with Crippen molar-refractivity contribution in [1.29, 1.82) is 0 Å². The third-order valence-corrected chi connectivity index (χ3v) is 6.06. The zero-order chi connectivity index (χ0) is 13.6. The van der Waals surface area contributed by atoms with Gasteiger partial charge in [-0.3, -0.25) is 0 Å². The minimum Gasteiger partial charge on any atom is -0.487 e. The van der Waals surface area contributed by atoms with E-state index in [1.54, 1.807) is 0 Å². The second kappa shape index (κ2) is 4.49. The molecule has 108 valence electrons. The van der Waals surface area contributed by atoms with Gasteiger partial charge in [0.1, 0.15) is 11.4 Å². The van der Waals surface area contributed by atoms with Crippen LogP contribution in [0.3, 0.4) is 0 Å². The normalized spacial score (nSPS) is 30.1. The molecular formula is C18H24O2. The Labute approximate surface area is 121 Å². The molecule has 1 heterocycles. The number of hydrogen-bond donors (Lipinski definition) is 1. The van der Waals surface area contributed by atoms with E-state index in [1.807, 2.05) is 24.3 Å². The largest absolute Gasteiger partial charge is 0.487 e. The molecule has 2 aliphatic carbocycles. The van der Waals surface area contributed by atoms with Crippen molar-refractivity contribution in [2.75, 3.05) is 0 Å². The van der Waals surface area contributed by atoms with Gasteiger partial charge in [-0.25, -0.2) is 0 Å². The van der Waals surface area contributed by atoms with E-state index in [1.165, 1.54) is 38.5 Å². The lowest BCUT2D eigenvalue weighted by Crippen LogP contribution is -2.46. The van der Waals surface area contributed by atoms with Crippen LogP contribution in [-0.4, -0.2) is 10.7 Å². The molecule has 20 heavy (non-hydrogen) atoms. The number of hydrogen-bond acceptors (Lipinski definition) is 2. The predicted octanol–water partition coefficient (Wildman–Crippen LogP) is 4.38. The summed E-state index contributed by atoms with van der Waals surface area (Å²) in [5.74, 6) is 0.911. The summed E-state index contributed by atoms with van der Waals surface area (Å²) < 4.78 is 6.37. The van der Waals surface area contributed by atoms with E-state index in [9.17, 15) is 5.11 Å². The summed E-state index contributed by atoms with van der Waals surface area (Å²) in [7, 11) is 0. The van der Waals surface area contributed by atoms with Gasteiger partial charge in [-0.05, 0) is 50.0 Å². The van der Waals surface area contributed by atoms with Gasteiger partial charge < -0.3 is 9.84 Å². The summed E-state index contributed by atoms with van der Waals surface area (Å²) in [5.41, 5.74) is 1.50. The maximum atomic E-state index is 10.5. The Morgan fingerprint density at radius 3 is 2.40 bits per heavy atom. The molecule has 0 aromatic heterocycles. The van der Waals surface area contributed by atoms with Gasteiger partial charge in [-0.15, -0.1) is 0 Å². The van der Waals surface area contributed by atoms with Crippen LogP contribution in [0.15, 0.2) is 24.3 Å². The number of aliphatic hydroxyl groups excluding tert-OH is 1. The highest BCUT2D eigenvalue weighted by Crippen LogP contribution is 2.55. The monoisotopic (exact) mass is 272 g/mol. The van der Waals surface area contributed by atoms with Crippen LogP contribution in [0.5, 0.6) is 5.75 Å². The van der Waals surface area contributed by atoms with Crippen molar-refractivity contribution in [1.82, 2.24) is 0 Å². The van der Waals surface area contributed by atoms with Crippen molar-refractivity contribution in [2.24, 2.45) is 5.41 Å². The summed E-state index contributed by atoms with van der Waals surface area (Å²) in [6.07, 6.45) is 10.9. The molecule has 1 atom stereocenters. The Balaban J connectivity index is 1.56. The van der Waals surface area contributed by atoms with Crippen LogP contribution < -0.4 is 4.74 Å². The highest BCUT2D eigenvalue weighted by atomic mass is 16.5. The molecule has 2 heteroatoms. The average molecular weight is 272 g/mol. The van der Waals surface area contributed by atoms with Crippen molar-refractivity contribution >= 4 is 0 Å². The van der Waals surface area contributed by atoms with Crippen LogP contribution >= 0.6 is 0 Å². The van der Waals surface area contributed by atoms with Gasteiger partial charge in [0.05, 0.1) is 6.10 Å². The van der Waals surface area contributed by atoms with Gasteiger partial charge in [-0.2, -0.15) is 0 Å². The molecule has 2 nitrogen and oxygen atoms in total. The van der Waals surface area contributed by atoms with Crippen LogP contribution in [0.2, 0.25) is 0 Å². The predicted molar refractivity (Wildman–Crippen MR) is 78.7 cm³/mol. The Morgan fingerprint density at radius 2 is 1.65 bits per heavy atom. The first kappa shape index (κ1) is 12.7. The molecule has 2 spiro atoms. The molecule has 0 bridgehead atoms. The highest BCUT2D eigenvalue weighted by Gasteiger charge is 2.48.